The molecule has 1 N–H and O–H groups in total. The average Bonchev–Trinajstić information content (AvgIpc) is 3.34. The third-order valence-corrected chi connectivity index (χ3v) is 9.51. The van der Waals surface area contributed by atoms with Gasteiger partial charge in [-0.1, -0.05) is 6.92 Å². The third-order valence-electron chi connectivity index (χ3n) is 9.51. The van der Waals surface area contributed by atoms with Crippen molar-refractivity contribution in [2.24, 2.45) is 40.9 Å². The van der Waals surface area contributed by atoms with Gasteiger partial charge < -0.3 is 5.11 Å². The van der Waals surface area contributed by atoms with E-state index < -0.39 is 12.3 Å². The summed E-state index contributed by atoms with van der Waals surface area (Å²) in [7, 11) is 0. The molecule has 0 radical (unpaired) electrons. The second-order valence-corrected chi connectivity index (χ2v) is 10.7. The van der Waals surface area contributed by atoms with Crippen LogP contribution in [0.5, 0.6) is 0 Å². The van der Waals surface area contributed by atoms with Crippen LogP contribution < -0.4 is 0 Å². The first kappa shape index (κ1) is 19.7. The van der Waals surface area contributed by atoms with Crippen molar-refractivity contribution >= 4 is 5.78 Å². The van der Waals surface area contributed by atoms with Gasteiger partial charge in [-0.25, -0.2) is 4.39 Å². The highest BCUT2D eigenvalue weighted by molar-refractivity contribution is 5.81. The van der Waals surface area contributed by atoms with Gasteiger partial charge in [0.2, 0.25) is 0 Å². The van der Waals surface area contributed by atoms with Gasteiger partial charge in [-0.15, -0.1) is 0 Å². The Bertz CT molecular complexity index is 755. The van der Waals surface area contributed by atoms with Gasteiger partial charge in [-0.3, -0.25) is 4.79 Å². The predicted octanol–water partition coefficient (Wildman–Crippen LogP) is 3.82. The minimum Gasteiger partial charge on any atom is -0.387 e. The number of halogens is 1. The van der Waals surface area contributed by atoms with Crippen molar-refractivity contribution in [1.29, 1.82) is 0 Å². The molecule has 0 saturated heterocycles. The van der Waals surface area contributed by atoms with Crippen LogP contribution in [-0.2, 0) is 11.3 Å². The van der Waals surface area contributed by atoms with Crippen molar-refractivity contribution in [2.45, 2.75) is 76.9 Å². The van der Waals surface area contributed by atoms with Crippen molar-refractivity contribution in [3.63, 3.8) is 0 Å². The molecule has 5 rings (SSSR count). The van der Waals surface area contributed by atoms with Crippen molar-refractivity contribution in [3.05, 3.63) is 12.4 Å². The Morgan fingerprint density at radius 1 is 1.07 bits per heavy atom. The molecule has 6 heteroatoms. The van der Waals surface area contributed by atoms with E-state index in [2.05, 4.69) is 17.1 Å². The molecule has 0 amide bonds. The van der Waals surface area contributed by atoms with E-state index in [1.165, 1.54) is 17.6 Å². The van der Waals surface area contributed by atoms with E-state index >= 15 is 0 Å². The lowest BCUT2D eigenvalue weighted by molar-refractivity contribution is -0.134. The van der Waals surface area contributed by atoms with Crippen LogP contribution in [0.15, 0.2) is 12.4 Å². The van der Waals surface area contributed by atoms with Crippen molar-refractivity contribution < 1.29 is 14.3 Å². The van der Waals surface area contributed by atoms with E-state index in [-0.39, 0.29) is 11.3 Å². The molecule has 160 valence electrons. The van der Waals surface area contributed by atoms with Crippen LogP contribution in [0.1, 0.15) is 64.7 Å². The summed E-state index contributed by atoms with van der Waals surface area (Å²) >= 11 is 0. The number of alkyl halides is 1. The minimum atomic E-state index is -1.07. The normalized spacial score (nSPS) is 46.6. The van der Waals surface area contributed by atoms with Crippen LogP contribution in [-0.4, -0.2) is 38.2 Å². The molecule has 0 aliphatic heterocycles. The molecule has 0 spiro atoms. The number of hydrogen-bond acceptors (Lipinski definition) is 4. The SMILES string of the molecule is C[C@]12CC[C@@H]3C4CC[C@](O)(CF)CC4CC[C@H]3[C@@H]1CC[C@@H]2C(=O)Cn1nccn1. The zero-order valence-corrected chi connectivity index (χ0v) is 17.5. The zero-order valence-electron chi connectivity index (χ0n) is 17.5. The lowest BCUT2D eigenvalue weighted by Crippen LogP contribution is -2.52. The fourth-order valence-electron chi connectivity index (χ4n) is 8.19. The number of aromatic nitrogens is 3. The molecule has 4 saturated carbocycles. The van der Waals surface area contributed by atoms with Gasteiger partial charge in [0.05, 0.1) is 18.0 Å². The van der Waals surface area contributed by atoms with Crippen LogP contribution in [0.3, 0.4) is 0 Å². The summed E-state index contributed by atoms with van der Waals surface area (Å²) in [4.78, 5) is 14.6. The smallest absolute Gasteiger partial charge is 0.159 e. The highest BCUT2D eigenvalue weighted by Crippen LogP contribution is 2.64. The van der Waals surface area contributed by atoms with Crippen molar-refractivity contribution in [3.8, 4) is 0 Å². The number of rotatable bonds is 4. The van der Waals surface area contributed by atoms with E-state index in [0.29, 0.717) is 54.8 Å². The Labute approximate surface area is 172 Å². The third kappa shape index (κ3) is 3.17. The summed E-state index contributed by atoms with van der Waals surface area (Å²) in [5, 5.41) is 18.7. The molecule has 1 aromatic rings. The average molecular weight is 404 g/mol. The van der Waals surface area contributed by atoms with Crippen LogP contribution in [0.4, 0.5) is 4.39 Å². The van der Waals surface area contributed by atoms with Gasteiger partial charge in [0.25, 0.3) is 0 Å². The van der Waals surface area contributed by atoms with Crippen molar-refractivity contribution in [2.75, 3.05) is 6.67 Å². The highest BCUT2D eigenvalue weighted by Gasteiger charge is 2.59. The lowest BCUT2D eigenvalue weighted by atomic mass is 9.49. The van der Waals surface area contributed by atoms with Gasteiger partial charge >= 0.3 is 0 Å². The molecular weight excluding hydrogens is 369 g/mol. The number of carbonyl (C=O) groups excluding carboxylic acids is 1. The van der Waals surface area contributed by atoms with Gasteiger partial charge in [-0.2, -0.15) is 15.0 Å². The Hall–Kier alpha value is -1.30. The molecule has 8 atom stereocenters. The first-order valence-electron chi connectivity index (χ1n) is 11.6. The van der Waals surface area contributed by atoms with Crippen LogP contribution in [0, 0.1) is 40.9 Å². The number of aliphatic hydroxyl groups is 1. The van der Waals surface area contributed by atoms with Gasteiger partial charge in [-0.05, 0) is 92.8 Å². The molecule has 29 heavy (non-hydrogen) atoms. The molecular formula is C23H34FN3O2. The standard InChI is InChI=1S/C23H34FN3O2/c1-22-8-6-17-16-7-9-23(29,14-24)12-15(16)2-3-18(17)19(22)4-5-20(22)21(28)13-27-25-10-11-26-27/h10-11,15-20,29H,2-9,12-14H2,1H3/t15?,16?,17-,18-,19+,20-,22+,23-/m1/s1. The van der Waals surface area contributed by atoms with E-state index in [1.54, 1.807) is 12.4 Å². The molecule has 2 unspecified atom stereocenters. The summed E-state index contributed by atoms with van der Waals surface area (Å²) in [6.07, 6.45) is 12.3. The number of fused-ring (bicyclic) bond motifs is 5. The number of carbonyl (C=O) groups is 1. The molecule has 4 fully saturated rings. The summed E-state index contributed by atoms with van der Waals surface area (Å²) < 4.78 is 13.3. The molecule has 1 aromatic heterocycles. The van der Waals surface area contributed by atoms with E-state index in [1.807, 2.05) is 0 Å². The number of nitrogens with zero attached hydrogens (tertiary/aromatic N) is 3. The fourth-order valence-corrected chi connectivity index (χ4v) is 8.19. The van der Waals surface area contributed by atoms with Gasteiger partial charge in [0.15, 0.2) is 5.78 Å². The zero-order chi connectivity index (χ0) is 20.2. The topological polar surface area (TPSA) is 68.0 Å². The quantitative estimate of drug-likeness (QED) is 0.830. The molecule has 4 aliphatic rings. The maximum absolute atomic E-state index is 13.3. The predicted molar refractivity (Wildman–Crippen MR) is 107 cm³/mol. The van der Waals surface area contributed by atoms with Gasteiger partial charge in [0, 0.05) is 5.92 Å². The Kier molecular flexibility index (Phi) is 4.84. The number of ketones is 1. The monoisotopic (exact) mass is 403 g/mol. The van der Waals surface area contributed by atoms with Crippen molar-refractivity contribution in [1.82, 2.24) is 15.0 Å². The summed E-state index contributed by atoms with van der Waals surface area (Å²) in [5.74, 6) is 3.59. The maximum atomic E-state index is 13.3. The second kappa shape index (κ2) is 7.14. The second-order valence-electron chi connectivity index (χ2n) is 10.7. The molecule has 0 bridgehead atoms. The largest absolute Gasteiger partial charge is 0.387 e. The molecule has 1 heterocycles. The Balaban J connectivity index is 1.31. The maximum Gasteiger partial charge on any atom is 0.159 e. The highest BCUT2D eigenvalue weighted by atomic mass is 19.1. The van der Waals surface area contributed by atoms with E-state index in [4.69, 9.17) is 0 Å². The molecule has 0 aromatic carbocycles. The molecule has 5 nitrogen and oxygen atoms in total. The first-order valence-corrected chi connectivity index (χ1v) is 11.6. The lowest BCUT2D eigenvalue weighted by Gasteiger charge is -2.56. The minimum absolute atomic E-state index is 0.104. The molecule has 4 aliphatic carbocycles. The van der Waals surface area contributed by atoms with Crippen LogP contribution in [0.25, 0.3) is 0 Å². The van der Waals surface area contributed by atoms with E-state index in [0.717, 1.165) is 32.1 Å². The number of Topliss-reactive ketones (excluding diaryl/α,β-unsaturated/α-hetero) is 1. The summed E-state index contributed by atoms with van der Waals surface area (Å²) in [6.45, 7) is 2.06. The Morgan fingerprint density at radius 3 is 2.59 bits per heavy atom. The van der Waals surface area contributed by atoms with Crippen LogP contribution >= 0.6 is 0 Å². The number of hydrogen-bond donors (Lipinski definition) is 1. The van der Waals surface area contributed by atoms with Crippen LogP contribution in [0.2, 0.25) is 0 Å². The Morgan fingerprint density at radius 2 is 1.83 bits per heavy atom. The summed E-state index contributed by atoms with van der Waals surface area (Å²) in [6, 6.07) is 0. The van der Waals surface area contributed by atoms with Gasteiger partial charge in [0.1, 0.15) is 13.2 Å². The fraction of sp³-hybridized carbons (Fsp3) is 0.870. The van der Waals surface area contributed by atoms with E-state index in [9.17, 15) is 14.3 Å². The first-order chi connectivity index (χ1) is 13.9. The summed E-state index contributed by atoms with van der Waals surface area (Å²) in [5.41, 5.74) is -0.963.